The maximum atomic E-state index is 12.2. The normalized spacial score (nSPS) is 14.4. The zero-order valence-electron chi connectivity index (χ0n) is 14.1. The van der Waals surface area contributed by atoms with Crippen LogP contribution in [0.2, 0.25) is 5.02 Å². The first kappa shape index (κ1) is 16.4. The van der Waals surface area contributed by atoms with Gasteiger partial charge in [-0.05, 0) is 35.9 Å². The summed E-state index contributed by atoms with van der Waals surface area (Å²) in [6, 6.07) is 13.0. The van der Waals surface area contributed by atoms with Gasteiger partial charge in [0.15, 0.2) is 0 Å². The van der Waals surface area contributed by atoms with Crippen molar-refractivity contribution in [2.24, 2.45) is 7.05 Å². The van der Waals surface area contributed by atoms with E-state index in [-0.39, 0.29) is 5.91 Å². The van der Waals surface area contributed by atoms with Gasteiger partial charge in [-0.25, -0.2) is 4.98 Å². The number of imidazole rings is 1. The average molecular weight is 366 g/mol. The van der Waals surface area contributed by atoms with E-state index in [0.717, 1.165) is 28.4 Å². The molecule has 0 bridgehead atoms. The first-order valence-corrected chi connectivity index (χ1v) is 8.50. The van der Waals surface area contributed by atoms with Gasteiger partial charge in [-0.1, -0.05) is 29.8 Å². The molecule has 2 heterocycles. The number of rotatable bonds is 4. The van der Waals surface area contributed by atoms with Gasteiger partial charge in [0.25, 0.3) is 5.91 Å². The predicted octanol–water partition coefficient (Wildman–Crippen LogP) is 4.15. The predicted molar refractivity (Wildman–Crippen MR) is 102 cm³/mol. The monoisotopic (exact) mass is 365 g/mol. The van der Waals surface area contributed by atoms with Crippen molar-refractivity contribution in [1.29, 1.82) is 0 Å². The molecule has 0 atom stereocenters. The molecule has 26 heavy (non-hydrogen) atoms. The molecule has 0 unspecified atom stereocenters. The Labute approximate surface area is 155 Å². The van der Waals surface area contributed by atoms with Crippen molar-refractivity contribution in [2.45, 2.75) is 6.61 Å². The van der Waals surface area contributed by atoms with Crippen LogP contribution in [0.4, 0.5) is 5.69 Å². The number of fused-ring (bicyclic) bond motifs is 1. The van der Waals surface area contributed by atoms with Crippen LogP contribution < -0.4 is 10.1 Å². The van der Waals surface area contributed by atoms with Gasteiger partial charge < -0.3 is 14.6 Å². The second-order valence-corrected chi connectivity index (χ2v) is 6.45. The van der Waals surface area contributed by atoms with Gasteiger partial charge in [0, 0.05) is 35.6 Å². The molecule has 3 aromatic rings. The number of aryl methyl sites for hydroxylation is 1. The van der Waals surface area contributed by atoms with Crippen molar-refractivity contribution in [1.82, 2.24) is 9.55 Å². The second kappa shape index (κ2) is 6.69. The highest BCUT2D eigenvalue weighted by Crippen LogP contribution is 2.35. The molecule has 6 heteroatoms. The summed E-state index contributed by atoms with van der Waals surface area (Å²) in [6.45, 7) is 0.403. The van der Waals surface area contributed by atoms with Gasteiger partial charge in [0.05, 0.1) is 5.69 Å². The Morgan fingerprint density at radius 1 is 1.23 bits per heavy atom. The number of hydrogen-bond acceptors (Lipinski definition) is 3. The zero-order valence-corrected chi connectivity index (χ0v) is 14.8. The summed E-state index contributed by atoms with van der Waals surface area (Å²) in [5.74, 6) is 1.48. The van der Waals surface area contributed by atoms with Crippen LogP contribution in [0.1, 0.15) is 17.0 Å². The maximum Gasteiger partial charge on any atom is 0.256 e. The summed E-state index contributed by atoms with van der Waals surface area (Å²) in [7, 11) is 1.93. The topological polar surface area (TPSA) is 56.2 Å². The zero-order chi connectivity index (χ0) is 18.1. The van der Waals surface area contributed by atoms with Crippen LogP contribution in [0.15, 0.2) is 54.9 Å². The van der Waals surface area contributed by atoms with Gasteiger partial charge in [-0.3, -0.25) is 4.79 Å². The summed E-state index contributed by atoms with van der Waals surface area (Å²) in [6.07, 6.45) is 5.48. The highest BCUT2D eigenvalue weighted by Gasteiger charge is 2.23. The Kier molecular flexibility index (Phi) is 4.22. The molecule has 1 aliphatic heterocycles. The number of hydrogen-bond donors (Lipinski definition) is 1. The smallest absolute Gasteiger partial charge is 0.256 e. The fraction of sp³-hybridized carbons (Fsp3) is 0.100. The molecule has 0 spiro atoms. The van der Waals surface area contributed by atoms with E-state index >= 15 is 0 Å². The van der Waals surface area contributed by atoms with Crippen LogP contribution in [0.25, 0.3) is 11.6 Å². The van der Waals surface area contributed by atoms with Crippen LogP contribution in [0.5, 0.6) is 5.75 Å². The Morgan fingerprint density at radius 3 is 2.77 bits per heavy atom. The van der Waals surface area contributed by atoms with Gasteiger partial charge in [0.1, 0.15) is 18.2 Å². The molecule has 1 aliphatic rings. The lowest BCUT2D eigenvalue weighted by Crippen LogP contribution is -2.03. The van der Waals surface area contributed by atoms with Crippen molar-refractivity contribution in [3.05, 3.63) is 76.8 Å². The highest BCUT2D eigenvalue weighted by atomic mass is 35.5. The van der Waals surface area contributed by atoms with Crippen LogP contribution in [0, 0.1) is 0 Å². The number of nitrogens with zero attached hydrogens (tertiary/aromatic N) is 2. The highest BCUT2D eigenvalue weighted by molar-refractivity contribution is 6.36. The van der Waals surface area contributed by atoms with Crippen molar-refractivity contribution in [3.63, 3.8) is 0 Å². The molecular formula is C20H16ClN3O2. The minimum Gasteiger partial charge on any atom is -0.486 e. The number of benzene rings is 2. The summed E-state index contributed by atoms with van der Waals surface area (Å²) >= 11 is 5.98. The van der Waals surface area contributed by atoms with Crippen LogP contribution in [-0.4, -0.2) is 15.5 Å². The summed E-state index contributed by atoms with van der Waals surface area (Å²) in [4.78, 5) is 16.5. The van der Waals surface area contributed by atoms with E-state index in [9.17, 15) is 4.79 Å². The van der Waals surface area contributed by atoms with Crippen LogP contribution in [-0.2, 0) is 18.4 Å². The lowest BCUT2D eigenvalue weighted by Gasteiger charge is -2.06. The molecular weight excluding hydrogens is 350 g/mol. The third-order valence-electron chi connectivity index (χ3n) is 4.24. The Morgan fingerprint density at radius 2 is 2.04 bits per heavy atom. The summed E-state index contributed by atoms with van der Waals surface area (Å²) in [5.41, 5.74) is 3.14. The minimum absolute atomic E-state index is 0.127. The molecule has 0 saturated heterocycles. The minimum atomic E-state index is -0.127. The average Bonchev–Trinajstić information content (AvgIpc) is 3.17. The van der Waals surface area contributed by atoms with E-state index in [1.165, 1.54) is 0 Å². The Balaban J connectivity index is 1.52. The first-order valence-electron chi connectivity index (χ1n) is 8.12. The molecule has 0 fully saturated rings. The van der Waals surface area contributed by atoms with Crippen LogP contribution in [0.3, 0.4) is 0 Å². The number of ether oxygens (including phenoxy) is 1. The number of halogens is 1. The second-order valence-electron chi connectivity index (χ2n) is 6.01. The first-order chi connectivity index (χ1) is 12.6. The number of carbonyl (C=O) groups is 1. The van der Waals surface area contributed by atoms with E-state index < -0.39 is 0 Å². The fourth-order valence-electron chi connectivity index (χ4n) is 2.82. The van der Waals surface area contributed by atoms with E-state index in [1.807, 2.05) is 54.2 Å². The van der Waals surface area contributed by atoms with E-state index in [1.54, 1.807) is 18.3 Å². The Bertz CT molecular complexity index is 1010. The lowest BCUT2D eigenvalue weighted by molar-refractivity contribution is -0.110. The Hall–Kier alpha value is -3.05. The quantitative estimate of drug-likeness (QED) is 0.707. The third kappa shape index (κ3) is 3.21. The molecule has 4 rings (SSSR count). The van der Waals surface area contributed by atoms with Gasteiger partial charge in [-0.2, -0.15) is 0 Å². The third-order valence-corrected chi connectivity index (χ3v) is 4.48. The fourth-order valence-corrected chi connectivity index (χ4v) is 2.99. The van der Waals surface area contributed by atoms with Crippen LogP contribution >= 0.6 is 11.6 Å². The maximum absolute atomic E-state index is 12.2. The van der Waals surface area contributed by atoms with Crippen molar-refractivity contribution in [3.8, 4) is 5.75 Å². The number of nitrogens with one attached hydrogen (secondary N) is 1. The number of anilines is 1. The van der Waals surface area contributed by atoms with Gasteiger partial charge >= 0.3 is 0 Å². The number of carbonyl (C=O) groups excluding carboxylic acids is 1. The molecule has 1 aromatic heterocycles. The van der Waals surface area contributed by atoms with Crippen molar-refractivity contribution in [2.75, 3.05) is 5.32 Å². The lowest BCUT2D eigenvalue weighted by atomic mass is 10.0. The molecule has 130 valence electrons. The molecule has 0 saturated carbocycles. The summed E-state index contributed by atoms with van der Waals surface area (Å²) < 4.78 is 7.67. The van der Waals surface area contributed by atoms with Crippen molar-refractivity contribution < 1.29 is 9.53 Å². The summed E-state index contributed by atoms with van der Waals surface area (Å²) in [5, 5.41) is 3.43. The SMILES string of the molecule is Cn1ccnc1COc1ccc(/C=C2\C(=O)Nc3cc(Cl)ccc32)cc1. The van der Waals surface area contributed by atoms with E-state index in [0.29, 0.717) is 17.2 Å². The molecule has 0 aliphatic carbocycles. The molecule has 1 N–H and O–H groups in total. The van der Waals surface area contributed by atoms with Crippen molar-refractivity contribution >= 4 is 34.8 Å². The van der Waals surface area contributed by atoms with E-state index in [2.05, 4.69) is 10.3 Å². The molecule has 1 amide bonds. The van der Waals surface area contributed by atoms with Gasteiger partial charge in [-0.15, -0.1) is 0 Å². The molecule has 2 aromatic carbocycles. The van der Waals surface area contributed by atoms with Gasteiger partial charge in [0.2, 0.25) is 0 Å². The largest absolute Gasteiger partial charge is 0.486 e. The number of amides is 1. The number of aromatic nitrogens is 2. The standard InChI is InChI=1S/C20H16ClN3O2/c1-24-9-8-22-19(24)12-26-15-5-2-13(3-6-15)10-17-16-7-4-14(21)11-18(16)23-20(17)25/h2-11H,12H2,1H3,(H,23,25)/b17-10-. The molecule has 0 radical (unpaired) electrons. The van der Waals surface area contributed by atoms with E-state index in [4.69, 9.17) is 16.3 Å². The molecule has 5 nitrogen and oxygen atoms in total.